The molecule has 2 aliphatic rings. The van der Waals surface area contributed by atoms with Gasteiger partial charge in [-0.3, -0.25) is 9.59 Å². The Morgan fingerprint density at radius 3 is 2.72 bits per heavy atom. The summed E-state index contributed by atoms with van der Waals surface area (Å²) in [5.41, 5.74) is 1.53. The van der Waals surface area contributed by atoms with Crippen LogP contribution in [0.3, 0.4) is 0 Å². The number of amides is 1. The van der Waals surface area contributed by atoms with Crippen molar-refractivity contribution >= 4 is 17.6 Å². The molecule has 7 heteroatoms. The van der Waals surface area contributed by atoms with Crippen molar-refractivity contribution in [1.82, 2.24) is 9.88 Å². The zero-order chi connectivity index (χ0) is 18.0. The summed E-state index contributed by atoms with van der Waals surface area (Å²) in [6, 6.07) is -0.639. The highest BCUT2D eigenvalue weighted by Gasteiger charge is 2.33. The molecule has 1 aliphatic carbocycles. The van der Waals surface area contributed by atoms with Crippen LogP contribution in [-0.4, -0.2) is 36.1 Å². The van der Waals surface area contributed by atoms with Crippen molar-refractivity contribution in [1.29, 1.82) is 0 Å². The van der Waals surface area contributed by atoms with E-state index in [9.17, 15) is 14.4 Å². The van der Waals surface area contributed by atoms with Crippen LogP contribution in [0.15, 0.2) is 11.0 Å². The highest BCUT2D eigenvalue weighted by atomic mass is 16.5. The maximum absolute atomic E-state index is 12.9. The van der Waals surface area contributed by atoms with Gasteiger partial charge in [0.1, 0.15) is 11.7 Å². The van der Waals surface area contributed by atoms with Crippen LogP contribution in [0, 0.1) is 5.92 Å². The number of carbonyl (C=O) groups excluding carboxylic acids is 2. The number of rotatable bonds is 4. The van der Waals surface area contributed by atoms with E-state index in [1.54, 1.807) is 13.2 Å². The van der Waals surface area contributed by atoms with Crippen LogP contribution in [0.4, 0.5) is 5.69 Å². The molecule has 1 fully saturated rings. The van der Waals surface area contributed by atoms with E-state index in [1.165, 1.54) is 11.7 Å². The lowest BCUT2D eigenvalue weighted by Crippen LogP contribution is -2.47. The number of carbonyl (C=O) groups is 2. The number of nitrogens with one attached hydrogen (secondary N) is 2. The molecule has 136 valence electrons. The normalized spacial score (nSPS) is 18.2. The van der Waals surface area contributed by atoms with Crippen molar-refractivity contribution in [3.63, 3.8) is 0 Å². The number of fused-ring (bicyclic) bond motifs is 1. The summed E-state index contributed by atoms with van der Waals surface area (Å²) in [5, 5.41) is 5.92. The van der Waals surface area contributed by atoms with Crippen molar-refractivity contribution in [2.75, 3.05) is 19.0 Å². The van der Waals surface area contributed by atoms with Gasteiger partial charge in [-0.25, -0.2) is 4.79 Å². The van der Waals surface area contributed by atoms with E-state index in [1.807, 2.05) is 0 Å². The van der Waals surface area contributed by atoms with Crippen LogP contribution in [0.5, 0.6) is 0 Å². The summed E-state index contributed by atoms with van der Waals surface area (Å²) < 4.78 is 6.32. The summed E-state index contributed by atoms with van der Waals surface area (Å²) in [5.74, 6) is -0.625. The summed E-state index contributed by atoms with van der Waals surface area (Å²) >= 11 is 0. The Bertz CT molecular complexity index is 735. The first kappa shape index (κ1) is 17.5. The van der Waals surface area contributed by atoms with Crippen LogP contribution in [0.2, 0.25) is 0 Å². The third-order valence-corrected chi connectivity index (χ3v) is 5.27. The van der Waals surface area contributed by atoms with Gasteiger partial charge in [0.05, 0.1) is 12.7 Å². The zero-order valence-electron chi connectivity index (χ0n) is 14.8. The second-order valence-corrected chi connectivity index (χ2v) is 6.86. The number of esters is 1. The monoisotopic (exact) mass is 347 g/mol. The Labute approximate surface area is 146 Å². The van der Waals surface area contributed by atoms with Crippen molar-refractivity contribution < 1.29 is 14.3 Å². The first-order valence-corrected chi connectivity index (χ1v) is 8.88. The molecular weight excluding hydrogens is 322 g/mol. The van der Waals surface area contributed by atoms with E-state index < -0.39 is 12.0 Å². The molecular formula is C18H25N3O4. The second-order valence-electron chi connectivity index (χ2n) is 6.86. The van der Waals surface area contributed by atoms with Crippen LogP contribution in [0.1, 0.15) is 48.0 Å². The Hall–Kier alpha value is -2.31. The molecule has 2 N–H and O–H groups in total. The number of aromatic nitrogens is 1. The standard InChI is InChI=1S/C18H25N3O4/c1-21-10-13(12-8-9-19-15(12)17(21)23)16(22)20-14(18(24)25-2)11-6-4-3-5-7-11/h10-11,14,19H,3-9H2,1-2H3,(H,20,22). The fourth-order valence-electron chi connectivity index (χ4n) is 3.90. The second kappa shape index (κ2) is 7.29. The first-order chi connectivity index (χ1) is 12.0. The fourth-order valence-corrected chi connectivity index (χ4v) is 3.90. The number of anilines is 1. The summed E-state index contributed by atoms with van der Waals surface area (Å²) in [6.45, 7) is 0.637. The lowest BCUT2D eigenvalue weighted by Gasteiger charge is -2.29. The lowest BCUT2D eigenvalue weighted by atomic mass is 9.83. The molecule has 1 atom stereocenters. The Balaban J connectivity index is 1.87. The quantitative estimate of drug-likeness (QED) is 0.799. The van der Waals surface area contributed by atoms with E-state index in [-0.39, 0.29) is 17.4 Å². The third-order valence-electron chi connectivity index (χ3n) is 5.27. The largest absolute Gasteiger partial charge is 0.467 e. The molecule has 25 heavy (non-hydrogen) atoms. The molecule has 1 amide bonds. The minimum Gasteiger partial charge on any atom is -0.467 e. The summed E-state index contributed by atoms with van der Waals surface area (Å²) in [7, 11) is 2.97. The minimum absolute atomic E-state index is 0.101. The van der Waals surface area contributed by atoms with Gasteiger partial charge < -0.3 is 19.9 Å². The number of pyridine rings is 1. The summed E-state index contributed by atoms with van der Waals surface area (Å²) in [4.78, 5) is 37.3. The van der Waals surface area contributed by atoms with Crippen LogP contribution >= 0.6 is 0 Å². The number of hydrogen-bond donors (Lipinski definition) is 2. The molecule has 1 aromatic heterocycles. The maximum atomic E-state index is 12.9. The SMILES string of the molecule is COC(=O)C(NC(=O)c1cn(C)c(=O)c2c1CCN2)C1CCCCC1. The Kier molecular flexibility index (Phi) is 5.11. The molecule has 3 rings (SSSR count). The summed E-state index contributed by atoms with van der Waals surface area (Å²) in [6.07, 6.45) is 7.29. The van der Waals surface area contributed by atoms with Gasteiger partial charge in [-0.05, 0) is 30.7 Å². The van der Waals surface area contributed by atoms with E-state index in [0.29, 0.717) is 24.2 Å². The van der Waals surface area contributed by atoms with Crippen molar-refractivity contribution in [3.8, 4) is 0 Å². The van der Waals surface area contributed by atoms with Gasteiger partial charge in [0.25, 0.3) is 11.5 Å². The minimum atomic E-state index is -0.639. The van der Waals surface area contributed by atoms with Crippen molar-refractivity contribution in [3.05, 3.63) is 27.7 Å². The third kappa shape index (κ3) is 3.41. The predicted molar refractivity (Wildman–Crippen MR) is 93.7 cm³/mol. The van der Waals surface area contributed by atoms with E-state index in [2.05, 4.69) is 10.6 Å². The van der Waals surface area contributed by atoms with Gasteiger partial charge in [0, 0.05) is 19.8 Å². The average molecular weight is 347 g/mol. The molecule has 0 saturated heterocycles. The number of aryl methyl sites for hydroxylation is 1. The molecule has 0 spiro atoms. The van der Waals surface area contributed by atoms with Gasteiger partial charge in [-0.1, -0.05) is 19.3 Å². The topological polar surface area (TPSA) is 89.4 Å². The Morgan fingerprint density at radius 2 is 2.04 bits per heavy atom. The fraction of sp³-hybridized carbons (Fsp3) is 0.611. The molecule has 1 aromatic rings. The van der Waals surface area contributed by atoms with Gasteiger partial charge >= 0.3 is 5.97 Å². The van der Waals surface area contributed by atoms with Crippen LogP contribution in [-0.2, 0) is 23.0 Å². The van der Waals surface area contributed by atoms with Crippen molar-refractivity contribution in [2.24, 2.45) is 13.0 Å². The number of methoxy groups -OCH3 is 1. The van der Waals surface area contributed by atoms with Crippen LogP contribution < -0.4 is 16.2 Å². The molecule has 0 aromatic carbocycles. The molecule has 1 unspecified atom stereocenters. The first-order valence-electron chi connectivity index (χ1n) is 8.88. The van der Waals surface area contributed by atoms with E-state index in [0.717, 1.165) is 37.7 Å². The van der Waals surface area contributed by atoms with E-state index >= 15 is 0 Å². The van der Waals surface area contributed by atoms with Gasteiger partial charge in [-0.15, -0.1) is 0 Å². The van der Waals surface area contributed by atoms with Gasteiger partial charge in [0.15, 0.2) is 0 Å². The number of ether oxygens (including phenoxy) is 1. The maximum Gasteiger partial charge on any atom is 0.328 e. The molecule has 0 bridgehead atoms. The number of hydrogen-bond acceptors (Lipinski definition) is 5. The molecule has 0 radical (unpaired) electrons. The van der Waals surface area contributed by atoms with Crippen LogP contribution in [0.25, 0.3) is 0 Å². The molecule has 7 nitrogen and oxygen atoms in total. The molecule has 2 heterocycles. The number of nitrogens with zero attached hydrogens (tertiary/aromatic N) is 1. The lowest BCUT2D eigenvalue weighted by molar-refractivity contribution is -0.144. The van der Waals surface area contributed by atoms with Gasteiger partial charge in [0.2, 0.25) is 0 Å². The highest BCUT2D eigenvalue weighted by molar-refractivity contribution is 5.99. The van der Waals surface area contributed by atoms with E-state index in [4.69, 9.17) is 4.74 Å². The smallest absolute Gasteiger partial charge is 0.328 e. The van der Waals surface area contributed by atoms with Gasteiger partial charge in [-0.2, -0.15) is 0 Å². The zero-order valence-corrected chi connectivity index (χ0v) is 14.8. The highest BCUT2D eigenvalue weighted by Crippen LogP contribution is 2.28. The predicted octanol–water partition coefficient (Wildman–Crippen LogP) is 1.20. The average Bonchev–Trinajstić information content (AvgIpc) is 3.12. The molecule has 1 aliphatic heterocycles. The van der Waals surface area contributed by atoms with Crippen molar-refractivity contribution in [2.45, 2.75) is 44.6 Å². The Morgan fingerprint density at radius 1 is 1.32 bits per heavy atom. The molecule has 1 saturated carbocycles.